The topological polar surface area (TPSA) is 108 Å². The first-order valence-corrected chi connectivity index (χ1v) is 5.85. The Morgan fingerprint density at radius 3 is 3.06 bits per heavy atom. The summed E-state index contributed by atoms with van der Waals surface area (Å²) >= 11 is 0. The highest BCUT2D eigenvalue weighted by atomic mass is 16.4. The quantitative estimate of drug-likeness (QED) is 0.290. The van der Waals surface area contributed by atoms with Gasteiger partial charge in [-0.25, -0.2) is 9.97 Å². The number of rotatable bonds is 2. The number of piperidine rings is 1. The molecule has 0 spiro atoms. The van der Waals surface area contributed by atoms with Gasteiger partial charge in [0.15, 0.2) is 5.84 Å². The van der Waals surface area contributed by atoms with E-state index in [4.69, 9.17) is 10.9 Å². The van der Waals surface area contributed by atoms with E-state index in [1.54, 1.807) is 12.3 Å². The zero-order valence-electron chi connectivity index (χ0n) is 10.2. The Labute approximate surface area is 105 Å². The van der Waals surface area contributed by atoms with Crippen molar-refractivity contribution in [2.45, 2.75) is 19.4 Å². The molecule has 1 aliphatic rings. The molecule has 7 nitrogen and oxygen atoms in total. The van der Waals surface area contributed by atoms with Crippen LogP contribution < -0.4 is 10.6 Å². The van der Waals surface area contributed by atoms with Crippen LogP contribution in [0.4, 0.5) is 5.95 Å². The third-order valence-corrected chi connectivity index (χ3v) is 3.16. The van der Waals surface area contributed by atoms with Crippen molar-refractivity contribution >= 4 is 11.8 Å². The average molecular weight is 251 g/mol. The third kappa shape index (κ3) is 2.51. The first kappa shape index (κ1) is 12.6. The molecule has 2 rings (SSSR count). The summed E-state index contributed by atoms with van der Waals surface area (Å²) in [4.78, 5) is 10.4. The van der Waals surface area contributed by atoms with Gasteiger partial charge in [-0.1, -0.05) is 12.1 Å². The molecule has 0 saturated carbocycles. The molecule has 2 atom stereocenters. The summed E-state index contributed by atoms with van der Waals surface area (Å²) in [5.41, 5.74) is 5.88. The van der Waals surface area contributed by atoms with Crippen molar-refractivity contribution in [3.8, 4) is 0 Å². The molecule has 1 aromatic rings. The fraction of sp³-hybridized carbons (Fsp3) is 0.545. The van der Waals surface area contributed by atoms with E-state index in [1.807, 2.05) is 11.8 Å². The van der Waals surface area contributed by atoms with Crippen LogP contribution in [0.15, 0.2) is 17.4 Å². The molecule has 7 heteroatoms. The molecule has 2 heterocycles. The van der Waals surface area contributed by atoms with Crippen LogP contribution in [0.3, 0.4) is 0 Å². The fourth-order valence-corrected chi connectivity index (χ4v) is 2.01. The highest BCUT2D eigenvalue weighted by Gasteiger charge is 2.25. The lowest BCUT2D eigenvalue weighted by molar-refractivity contribution is 0.0966. The van der Waals surface area contributed by atoms with Gasteiger partial charge in [0, 0.05) is 19.3 Å². The number of oxime groups is 1. The molecule has 0 radical (unpaired) electrons. The average Bonchev–Trinajstić information content (AvgIpc) is 2.41. The maximum atomic E-state index is 9.68. The highest BCUT2D eigenvalue weighted by molar-refractivity contribution is 5.95. The van der Waals surface area contributed by atoms with Crippen LogP contribution in [0, 0.1) is 5.92 Å². The minimum absolute atomic E-state index is 0.0382. The normalized spacial score (nSPS) is 25.2. The molecule has 4 N–H and O–H groups in total. The molecule has 18 heavy (non-hydrogen) atoms. The second-order valence-corrected chi connectivity index (χ2v) is 4.51. The summed E-state index contributed by atoms with van der Waals surface area (Å²) in [5, 5.41) is 21.2. The Morgan fingerprint density at radius 1 is 1.61 bits per heavy atom. The van der Waals surface area contributed by atoms with Gasteiger partial charge < -0.3 is 20.9 Å². The van der Waals surface area contributed by atoms with E-state index in [-0.39, 0.29) is 17.9 Å². The van der Waals surface area contributed by atoms with Crippen LogP contribution in [0.25, 0.3) is 0 Å². The first-order chi connectivity index (χ1) is 8.61. The zero-order valence-corrected chi connectivity index (χ0v) is 10.2. The first-order valence-electron chi connectivity index (χ1n) is 5.85. The molecule has 98 valence electrons. The molecule has 1 aliphatic heterocycles. The van der Waals surface area contributed by atoms with Crippen molar-refractivity contribution in [1.29, 1.82) is 0 Å². The van der Waals surface area contributed by atoms with E-state index in [0.717, 1.165) is 0 Å². The van der Waals surface area contributed by atoms with Crippen molar-refractivity contribution in [2.24, 2.45) is 16.8 Å². The van der Waals surface area contributed by atoms with Gasteiger partial charge in [0.1, 0.15) is 5.69 Å². The van der Waals surface area contributed by atoms with E-state index in [2.05, 4.69) is 15.1 Å². The molecule has 0 aromatic carbocycles. The maximum absolute atomic E-state index is 9.68. The Balaban J connectivity index is 2.19. The van der Waals surface area contributed by atoms with Crippen LogP contribution in [-0.2, 0) is 0 Å². The number of nitrogens with two attached hydrogens (primary N) is 1. The lowest BCUT2D eigenvalue weighted by atomic mass is 9.97. The molecule has 1 fully saturated rings. The summed E-state index contributed by atoms with van der Waals surface area (Å²) in [5.74, 6) is 0.677. The number of aliphatic hydroxyl groups is 1. The summed E-state index contributed by atoms with van der Waals surface area (Å²) in [6, 6.07) is 1.58. The number of aromatic nitrogens is 2. The predicted molar refractivity (Wildman–Crippen MR) is 66.5 cm³/mol. The lowest BCUT2D eigenvalue weighted by Crippen LogP contribution is -2.42. The summed E-state index contributed by atoms with van der Waals surface area (Å²) in [6.07, 6.45) is 2.00. The van der Waals surface area contributed by atoms with Crippen LogP contribution in [0.5, 0.6) is 0 Å². The van der Waals surface area contributed by atoms with Gasteiger partial charge in [-0.2, -0.15) is 0 Å². The number of aliphatic hydroxyl groups excluding tert-OH is 1. The van der Waals surface area contributed by atoms with Gasteiger partial charge in [-0.3, -0.25) is 0 Å². The summed E-state index contributed by atoms with van der Waals surface area (Å²) < 4.78 is 0. The van der Waals surface area contributed by atoms with Crippen molar-refractivity contribution in [3.05, 3.63) is 18.0 Å². The minimum atomic E-state index is -0.270. The van der Waals surface area contributed by atoms with Crippen molar-refractivity contribution in [1.82, 2.24) is 9.97 Å². The SMILES string of the molecule is CC1CN(c2nccc(/C(N)=N/O)n2)CCC1O. The molecule has 0 aliphatic carbocycles. The standard InChI is InChI=1S/C11H17N5O2/c1-7-6-16(5-3-9(7)17)11-13-4-2-8(14-11)10(12)15-18/h2,4,7,9,17-18H,3,5-6H2,1H3,(H2,12,15). The number of nitrogens with zero attached hydrogens (tertiary/aromatic N) is 4. The van der Waals surface area contributed by atoms with E-state index in [0.29, 0.717) is 31.2 Å². The Morgan fingerprint density at radius 2 is 2.39 bits per heavy atom. The minimum Gasteiger partial charge on any atom is -0.409 e. The number of anilines is 1. The Kier molecular flexibility index (Phi) is 3.61. The van der Waals surface area contributed by atoms with Gasteiger partial charge in [-0.05, 0) is 18.4 Å². The van der Waals surface area contributed by atoms with Gasteiger partial charge in [0.2, 0.25) is 5.95 Å². The van der Waals surface area contributed by atoms with Crippen molar-refractivity contribution in [3.63, 3.8) is 0 Å². The number of hydrogen-bond donors (Lipinski definition) is 3. The van der Waals surface area contributed by atoms with Crippen LogP contribution in [0.2, 0.25) is 0 Å². The molecule has 2 unspecified atom stereocenters. The fourth-order valence-electron chi connectivity index (χ4n) is 2.01. The summed E-state index contributed by atoms with van der Waals surface area (Å²) in [6.45, 7) is 3.39. The number of amidine groups is 1. The lowest BCUT2D eigenvalue weighted by Gasteiger charge is -2.34. The summed E-state index contributed by atoms with van der Waals surface area (Å²) in [7, 11) is 0. The van der Waals surface area contributed by atoms with Crippen LogP contribution in [0.1, 0.15) is 19.0 Å². The smallest absolute Gasteiger partial charge is 0.225 e. The van der Waals surface area contributed by atoms with Gasteiger partial charge in [-0.15, -0.1) is 0 Å². The highest BCUT2D eigenvalue weighted by Crippen LogP contribution is 2.20. The third-order valence-electron chi connectivity index (χ3n) is 3.16. The van der Waals surface area contributed by atoms with Crippen molar-refractivity contribution < 1.29 is 10.3 Å². The van der Waals surface area contributed by atoms with Gasteiger partial charge in [0.05, 0.1) is 6.10 Å². The Hall–Kier alpha value is -1.89. The molecule has 1 saturated heterocycles. The molecule has 1 aromatic heterocycles. The largest absolute Gasteiger partial charge is 0.409 e. The van der Waals surface area contributed by atoms with E-state index in [1.165, 1.54) is 0 Å². The molecule has 0 bridgehead atoms. The molecular formula is C11H17N5O2. The van der Waals surface area contributed by atoms with Gasteiger partial charge in [0.25, 0.3) is 0 Å². The monoisotopic (exact) mass is 251 g/mol. The number of hydrogen-bond acceptors (Lipinski definition) is 6. The Bertz CT molecular complexity index is 451. The molecular weight excluding hydrogens is 234 g/mol. The van der Waals surface area contributed by atoms with Crippen LogP contribution in [-0.4, -0.2) is 45.3 Å². The maximum Gasteiger partial charge on any atom is 0.225 e. The van der Waals surface area contributed by atoms with Gasteiger partial charge >= 0.3 is 0 Å². The van der Waals surface area contributed by atoms with Crippen molar-refractivity contribution in [2.75, 3.05) is 18.0 Å². The molecule has 0 amide bonds. The van der Waals surface area contributed by atoms with E-state index in [9.17, 15) is 5.11 Å². The van der Waals surface area contributed by atoms with Crippen LogP contribution >= 0.6 is 0 Å². The zero-order chi connectivity index (χ0) is 13.1. The second-order valence-electron chi connectivity index (χ2n) is 4.51. The predicted octanol–water partition coefficient (Wildman–Crippen LogP) is -0.222. The van der Waals surface area contributed by atoms with E-state index >= 15 is 0 Å². The second kappa shape index (κ2) is 5.18. The van der Waals surface area contributed by atoms with E-state index < -0.39 is 0 Å².